The molecule has 0 bridgehead atoms. The molecule has 0 aliphatic heterocycles. The molecule has 0 unspecified atom stereocenters. The second-order valence-electron chi connectivity index (χ2n) is 7.06. The number of ether oxygens (including phenoxy) is 2. The van der Waals surface area contributed by atoms with Crippen molar-refractivity contribution in [1.29, 1.82) is 0 Å². The molecule has 0 amide bonds. The average molecular weight is 402 g/mol. The van der Waals surface area contributed by atoms with Gasteiger partial charge in [0.15, 0.2) is 0 Å². The van der Waals surface area contributed by atoms with Gasteiger partial charge in [-0.2, -0.15) is 0 Å². The van der Waals surface area contributed by atoms with E-state index in [0.29, 0.717) is 0 Å². The number of para-hydroxylation sites is 1. The maximum Gasteiger partial charge on any atom is 0.340 e. The van der Waals surface area contributed by atoms with Gasteiger partial charge in [-0.15, -0.1) is 0 Å². The number of methoxy groups -OCH3 is 1. The number of carbonyl (C=O) groups is 2. The lowest BCUT2D eigenvalue weighted by molar-refractivity contribution is -0.384. The van der Waals surface area contributed by atoms with Gasteiger partial charge in [-0.05, 0) is 33.8 Å². The fraction of sp³-hybridized carbons (Fsp3) is 0.350. The van der Waals surface area contributed by atoms with Crippen molar-refractivity contribution in [2.24, 2.45) is 0 Å². The van der Waals surface area contributed by atoms with Crippen molar-refractivity contribution in [1.82, 2.24) is 4.98 Å². The number of carbonyl (C=O) groups excluding carboxylic acids is 2. The summed E-state index contributed by atoms with van der Waals surface area (Å²) in [5.74, 6) is -1.66. The van der Waals surface area contributed by atoms with Gasteiger partial charge in [-0.25, -0.2) is 9.59 Å². The van der Waals surface area contributed by atoms with Gasteiger partial charge >= 0.3 is 11.9 Å². The Bertz CT molecular complexity index is 978. The Morgan fingerprint density at radius 2 is 1.69 bits per heavy atom. The first-order chi connectivity index (χ1) is 13.5. The van der Waals surface area contributed by atoms with E-state index in [2.05, 4.69) is 4.98 Å². The predicted molar refractivity (Wildman–Crippen MR) is 104 cm³/mol. The van der Waals surface area contributed by atoms with E-state index >= 15 is 0 Å². The number of pyridine rings is 1. The summed E-state index contributed by atoms with van der Waals surface area (Å²) in [6.45, 7) is 5.69. The number of nitro groups is 1. The van der Waals surface area contributed by atoms with Crippen molar-refractivity contribution in [2.75, 3.05) is 13.7 Å². The molecule has 1 N–H and O–H groups in total. The highest BCUT2D eigenvalue weighted by molar-refractivity contribution is 6.08. The molecule has 1 aromatic carbocycles. The van der Waals surface area contributed by atoms with Crippen LogP contribution in [0.4, 0.5) is 5.69 Å². The third kappa shape index (κ3) is 4.75. The minimum atomic E-state index is -1.29. The van der Waals surface area contributed by atoms with Crippen LogP contribution in [0.2, 0.25) is 0 Å². The molecule has 0 atom stereocenters. The van der Waals surface area contributed by atoms with Gasteiger partial charge in [0.2, 0.25) is 0 Å². The molecule has 0 aliphatic rings. The Labute approximate surface area is 167 Å². The largest absolute Gasteiger partial charge is 0.465 e. The van der Waals surface area contributed by atoms with E-state index in [0.717, 1.165) is 7.11 Å². The summed E-state index contributed by atoms with van der Waals surface area (Å²) in [6, 6.07) is 5.74. The van der Waals surface area contributed by atoms with Crippen LogP contribution in [0.15, 0.2) is 24.3 Å². The van der Waals surface area contributed by atoms with Gasteiger partial charge in [-0.3, -0.25) is 15.1 Å². The summed E-state index contributed by atoms with van der Waals surface area (Å²) in [5.41, 5.74) is -1.20. The first-order valence-electron chi connectivity index (χ1n) is 8.70. The first kappa shape index (κ1) is 22.0. The van der Waals surface area contributed by atoms with Crippen LogP contribution in [0.3, 0.4) is 0 Å². The smallest absolute Gasteiger partial charge is 0.340 e. The molecule has 1 aromatic heterocycles. The molecule has 9 heteroatoms. The van der Waals surface area contributed by atoms with Crippen LogP contribution in [0, 0.1) is 24.0 Å². The van der Waals surface area contributed by atoms with E-state index in [4.69, 9.17) is 9.47 Å². The van der Waals surface area contributed by atoms with Crippen LogP contribution in [0.5, 0.6) is 0 Å². The topological polar surface area (TPSA) is 129 Å². The lowest BCUT2D eigenvalue weighted by atomic mass is 9.91. The lowest BCUT2D eigenvalue weighted by Crippen LogP contribution is -2.28. The second-order valence-corrected chi connectivity index (χ2v) is 7.06. The van der Waals surface area contributed by atoms with Crippen molar-refractivity contribution >= 4 is 17.6 Å². The van der Waals surface area contributed by atoms with E-state index in [1.165, 1.54) is 39.0 Å². The van der Waals surface area contributed by atoms with Crippen molar-refractivity contribution in [2.45, 2.75) is 33.3 Å². The zero-order valence-corrected chi connectivity index (χ0v) is 16.8. The highest BCUT2D eigenvalue weighted by Gasteiger charge is 2.31. The molecule has 154 valence electrons. The van der Waals surface area contributed by atoms with Gasteiger partial charge in [0, 0.05) is 11.6 Å². The fourth-order valence-electron chi connectivity index (χ4n) is 2.88. The monoisotopic (exact) mass is 402 g/mol. The molecule has 0 spiro atoms. The summed E-state index contributed by atoms with van der Waals surface area (Å²) in [6.07, 6.45) is 0. The number of aliphatic hydroxyl groups is 1. The highest BCUT2D eigenvalue weighted by Crippen LogP contribution is 2.37. The summed E-state index contributed by atoms with van der Waals surface area (Å²) in [5, 5.41) is 21.4. The van der Waals surface area contributed by atoms with Crippen molar-refractivity contribution in [3.63, 3.8) is 0 Å². The van der Waals surface area contributed by atoms with Gasteiger partial charge in [-0.1, -0.05) is 12.1 Å². The third-order valence-electron chi connectivity index (χ3n) is 4.08. The molecule has 0 saturated heterocycles. The van der Waals surface area contributed by atoms with Crippen LogP contribution in [-0.4, -0.2) is 46.3 Å². The number of rotatable bonds is 6. The Balaban J connectivity index is 2.86. The first-order valence-corrected chi connectivity index (χ1v) is 8.70. The molecular weight excluding hydrogens is 380 g/mol. The maximum atomic E-state index is 12.9. The van der Waals surface area contributed by atoms with Gasteiger partial charge in [0.25, 0.3) is 5.69 Å². The molecule has 2 rings (SSSR count). The number of nitrogens with zero attached hydrogens (tertiary/aromatic N) is 2. The zero-order chi connectivity index (χ0) is 21.9. The third-order valence-corrected chi connectivity index (χ3v) is 4.08. The van der Waals surface area contributed by atoms with Crippen molar-refractivity contribution < 1.29 is 29.1 Å². The molecule has 1 heterocycles. The number of aryl methyl sites for hydroxylation is 2. The lowest BCUT2D eigenvalue weighted by Gasteiger charge is -2.20. The van der Waals surface area contributed by atoms with E-state index in [-0.39, 0.29) is 45.9 Å². The number of esters is 2. The van der Waals surface area contributed by atoms with Crippen LogP contribution < -0.4 is 0 Å². The van der Waals surface area contributed by atoms with Crippen LogP contribution in [0.25, 0.3) is 11.1 Å². The number of hydrogen-bond acceptors (Lipinski definition) is 8. The number of benzene rings is 1. The fourth-order valence-corrected chi connectivity index (χ4v) is 2.88. The van der Waals surface area contributed by atoms with E-state index in [1.807, 2.05) is 0 Å². The number of hydrogen-bond donors (Lipinski definition) is 1. The number of aromatic nitrogens is 1. The standard InChI is InChI=1S/C20H22N2O7/c1-11-15(18(23)28-5)17(13-8-6-7-9-14(13)22(26)27)16(12(2)21-11)19(24)29-10-20(3,4)25/h6-9,25H,10H2,1-5H3. The Hall–Kier alpha value is -3.33. The molecule has 2 aromatic rings. The highest BCUT2D eigenvalue weighted by atomic mass is 16.6. The molecular formula is C20H22N2O7. The van der Waals surface area contributed by atoms with E-state index in [9.17, 15) is 24.8 Å². The molecule has 0 radical (unpaired) electrons. The molecule has 9 nitrogen and oxygen atoms in total. The van der Waals surface area contributed by atoms with Crippen LogP contribution in [0.1, 0.15) is 46.0 Å². The summed E-state index contributed by atoms with van der Waals surface area (Å²) < 4.78 is 10.0. The molecule has 0 fully saturated rings. The maximum absolute atomic E-state index is 12.9. The van der Waals surface area contributed by atoms with E-state index in [1.54, 1.807) is 13.0 Å². The zero-order valence-electron chi connectivity index (χ0n) is 16.8. The minimum Gasteiger partial charge on any atom is -0.465 e. The number of nitro benzene ring substituents is 1. The molecule has 0 saturated carbocycles. The van der Waals surface area contributed by atoms with Gasteiger partial charge in [0.1, 0.15) is 6.61 Å². The minimum absolute atomic E-state index is 0.00916. The SMILES string of the molecule is COC(=O)c1c(C)nc(C)c(C(=O)OCC(C)(C)O)c1-c1ccccc1[N+](=O)[O-]. The molecule has 29 heavy (non-hydrogen) atoms. The molecule has 0 aliphatic carbocycles. The van der Waals surface area contributed by atoms with Crippen molar-refractivity contribution in [3.05, 3.63) is 56.9 Å². The Morgan fingerprint density at radius 1 is 1.14 bits per heavy atom. The average Bonchev–Trinajstić information content (AvgIpc) is 2.64. The quantitative estimate of drug-likeness (QED) is 0.443. The second kappa shape index (κ2) is 8.36. The Kier molecular flexibility index (Phi) is 6.33. The summed E-state index contributed by atoms with van der Waals surface area (Å²) >= 11 is 0. The normalized spacial score (nSPS) is 11.1. The Morgan fingerprint density at radius 3 is 2.21 bits per heavy atom. The predicted octanol–water partition coefficient (Wildman–Crippen LogP) is 2.99. The van der Waals surface area contributed by atoms with Gasteiger partial charge in [0.05, 0.1) is 45.7 Å². The van der Waals surface area contributed by atoms with Gasteiger partial charge < -0.3 is 14.6 Å². The summed E-state index contributed by atoms with van der Waals surface area (Å²) in [7, 11) is 1.16. The van der Waals surface area contributed by atoms with Crippen LogP contribution in [-0.2, 0) is 9.47 Å². The van der Waals surface area contributed by atoms with E-state index < -0.39 is 22.5 Å². The van der Waals surface area contributed by atoms with Crippen LogP contribution >= 0.6 is 0 Å². The van der Waals surface area contributed by atoms with Crippen molar-refractivity contribution in [3.8, 4) is 11.1 Å². The summed E-state index contributed by atoms with van der Waals surface area (Å²) in [4.78, 5) is 40.6.